The molecule has 0 fully saturated rings. The van der Waals surface area contributed by atoms with Gasteiger partial charge in [0.05, 0.1) is 22.3 Å². The Morgan fingerprint density at radius 3 is 2.32 bits per heavy atom. The van der Waals surface area contributed by atoms with Crippen molar-refractivity contribution in [2.75, 3.05) is 11.9 Å². The maximum atomic E-state index is 12.9. The van der Waals surface area contributed by atoms with Gasteiger partial charge in [-0.3, -0.25) is 0 Å². The number of halogens is 3. The van der Waals surface area contributed by atoms with Gasteiger partial charge in [-0.05, 0) is 12.1 Å². The van der Waals surface area contributed by atoms with Crippen molar-refractivity contribution in [2.45, 2.75) is 6.10 Å². The molecule has 19 heavy (non-hydrogen) atoms. The molecule has 2 amide bonds. The van der Waals surface area contributed by atoms with E-state index in [9.17, 15) is 14.0 Å². The summed E-state index contributed by atoms with van der Waals surface area (Å²) in [7, 11) is 0. The summed E-state index contributed by atoms with van der Waals surface area (Å²) >= 11 is 11.4. The molecule has 0 heterocycles. The number of urea groups is 1. The first-order valence-corrected chi connectivity index (χ1v) is 5.67. The summed E-state index contributed by atoms with van der Waals surface area (Å²) in [4.78, 5) is 21.7. The average Bonchev–Trinajstić information content (AvgIpc) is 2.30. The predicted molar refractivity (Wildman–Crippen MR) is 67.1 cm³/mol. The molecule has 4 N–H and O–H groups in total. The van der Waals surface area contributed by atoms with E-state index in [4.69, 9.17) is 33.4 Å². The van der Waals surface area contributed by atoms with Crippen molar-refractivity contribution in [2.24, 2.45) is 0 Å². The smallest absolute Gasteiger partial charge is 0.334 e. The number of rotatable bonds is 4. The van der Waals surface area contributed by atoms with Gasteiger partial charge in [0, 0.05) is 0 Å². The third kappa shape index (κ3) is 4.55. The normalized spacial score (nSPS) is 11.8. The number of anilines is 1. The van der Waals surface area contributed by atoms with Crippen molar-refractivity contribution in [3.63, 3.8) is 0 Å². The molecular weight excluding hydrogens is 302 g/mol. The topological polar surface area (TPSA) is 98.7 Å². The van der Waals surface area contributed by atoms with Crippen LogP contribution in [0.4, 0.5) is 14.9 Å². The standard InChI is InChI=1S/C10H9Cl2FN2O4/c11-5-1-4(13)2-6(12)8(5)15-10(19)14-3-7(16)9(17)18/h1-2,7,16H,3H2,(H,17,18)(H2,14,15,19). The Hall–Kier alpha value is -1.57. The number of carbonyl (C=O) groups excluding carboxylic acids is 1. The quantitative estimate of drug-likeness (QED) is 0.680. The highest BCUT2D eigenvalue weighted by Gasteiger charge is 2.16. The number of aliphatic hydroxyl groups excluding tert-OH is 1. The minimum absolute atomic E-state index is 0.0213. The second-order valence-corrected chi connectivity index (χ2v) is 4.25. The van der Waals surface area contributed by atoms with Gasteiger partial charge in [0.15, 0.2) is 6.10 Å². The molecule has 0 aliphatic carbocycles. The number of aliphatic carboxylic acids is 1. The van der Waals surface area contributed by atoms with Gasteiger partial charge >= 0.3 is 12.0 Å². The van der Waals surface area contributed by atoms with Gasteiger partial charge < -0.3 is 20.8 Å². The van der Waals surface area contributed by atoms with Crippen molar-refractivity contribution in [1.29, 1.82) is 0 Å². The van der Waals surface area contributed by atoms with Crippen LogP contribution in [0, 0.1) is 5.82 Å². The lowest BCUT2D eigenvalue weighted by atomic mass is 10.3. The summed E-state index contributed by atoms with van der Waals surface area (Å²) in [5.74, 6) is -2.14. The maximum Gasteiger partial charge on any atom is 0.334 e. The third-order valence-corrected chi connectivity index (χ3v) is 2.58. The SMILES string of the molecule is O=C(NCC(O)C(=O)O)Nc1c(Cl)cc(F)cc1Cl. The lowest BCUT2D eigenvalue weighted by molar-refractivity contribution is -0.146. The lowest BCUT2D eigenvalue weighted by Crippen LogP contribution is -2.38. The van der Waals surface area contributed by atoms with Gasteiger partial charge in [-0.25, -0.2) is 14.0 Å². The molecule has 0 aromatic heterocycles. The van der Waals surface area contributed by atoms with Crippen LogP contribution < -0.4 is 10.6 Å². The van der Waals surface area contributed by atoms with Crippen LogP contribution in [0.25, 0.3) is 0 Å². The van der Waals surface area contributed by atoms with Gasteiger partial charge in [-0.2, -0.15) is 0 Å². The highest BCUT2D eigenvalue weighted by molar-refractivity contribution is 6.39. The Balaban J connectivity index is 2.65. The fraction of sp³-hybridized carbons (Fsp3) is 0.200. The fourth-order valence-corrected chi connectivity index (χ4v) is 1.65. The molecule has 6 nitrogen and oxygen atoms in total. The van der Waals surface area contributed by atoms with Crippen LogP contribution in [0.15, 0.2) is 12.1 Å². The monoisotopic (exact) mass is 310 g/mol. The first-order chi connectivity index (χ1) is 8.81. The van der Waals surface area contributed by atoms with Crippen LogP contribution in [0.3, 0.4) is 0 Å². The Kier molecular flexibility index (Phi) is 5.34. The zero-order valence-corrected chi connectivity index (χ0v) is 10.8. The molecule has 0 radical (unpaired) electrons. The van der Waals surface area contributed by atoms with Crippen molar-refractivity contribution >= 4 is 40.9 Å². The first kappa shape index (κ1) is 15.5. The number of aliphatic hydroxyl groups is 1. The van der Waals surface area contributed by atoms with Crippen LogP contribution in [0.5, 0.6) is 0 Å². The predicted octanol–water partition coefficient (Wildman–Crippen LogP) is 1.70. The van der Waals surface area contributed by atoms with E-state index in [1.807, 2.05) is 0 Å². The molecule has 0 saturated carbocycles. The summed E-state index contributed by atoms with van der Waals surface area (Å²) in [6.45, 7) is -0.502. The molecular formula is C10H9Cl2FN2O4. The van der Waals surface area contributed by atoms with Crippen LogP contribution in [-0.4, -0.2) is 34.9 Å². The van der Waals surface area contributed by atoms with E-state index in [0.29, 0.717) is 0 Å². The molecule has 1 rings (SSSR count). The van der Waals surface area contributed by atoms with Crippen LogP contribution in [-0.2, 0) is 4.79 Å². The van der Waals surface area contributed by atoms with Crippen molar-refractivity contribution in [1.82, 2.24) is 5.32 Å². The summed E-state index contributed by atoms with van der Waals surface area (Å²) in [5, 5.41) is 21.4. The number of hydrogen-bond acceptors (Lipinski definition) is 3. The van der Waals surface area contributed by atoms with E-state index in [1.165, 1.54) is 0 Å². The van der Waals surface area contributed by atoms with Gasteiger partial charge in [0.25, 0.3) is 0 Å². The molecule has 0 spiro atoms. The second-order valence-electron chi connectivity index (χ2n) is 3.43. The van der Waals surface area contributed by atoms with Gasteiger partial charge in [-0.15, -0.1) is 0 Å². The van der Waals surface area contributed by atoms with Crippen LogP contribution in [0.2, 0.25) is 10.0 Å². The Morgan fingerprint density at radius 2 is 1.84 bits per heavy atom. The number of benzene rings is 1. The number of nitrogens with one attached hydrogen (secondary N) is 2. The Bertz CT molecular complexity index is 489. The summed E-state index contributed by atoms with van der Waals surface area (Å²) in [5.41, 5.74) is -0.0213. The summed E-state index contributed by atoms with van der Waals surface area (Å²) in [6, 6.07) is 1.07. The molecule has 1 atom stereocenters. The number of carbonyl (C=O) groups is 2. The first-order valence-electron chi connectivity index (χ1n) is 4.91. The highest BCUT2D eigenvalue weighted by Crippen LogP contribution is 2.31. The minimum atomic E-state index is -1.73. The number of amides is 2. The van der Waals surface area contributed by atoms with E-state index >= 15 is 0 Å². The van der Waals surface area contributed by atoms with E-state index in [-0.39, 0.29) is 15.7 Å². The third-order valence-electron chi connectivity index (χ3n) is 1.99. The van der Waals surface area contributed by atoms with E-state index in [0.717, 1.165) is 12.1 Å². The number of hydrogen-bond donors (Lipinski definition) is 4. The zero-order chi connectivity index (χ0) is 14.6. The zero-order valence-electron chi connectivity index (χ0n) is 9.28. The Labute approximate surface area is 117 Å². The van der Waals surface area contributed by atoms with E-state index in [2.05, 4.69) is 10.6 Å². The molecule has 1 unspecified atom stereocenters. The molecule has 0 saturated heterocycles. The second kappa shape index (κ2) is 6.55. The summed E-state index contributed by atoms with van der Waals surface area (Å²) in [6.07, 6.45) is -1.73. The fourth-order valence-electron chi connectivity index (χ4n) is 1.10. The molecule has 1 aromatic carbocycles. The van der Waals surface area contributed by atoms with Crippen LogP contribution >= 0.6 is 23.2 Å². The van der Waals surface area contributed by atoms with Crippen LogP contribution in [0.1, 0.15) is 0 Å². The van der Waals surface area contributed by atoms with Crippen molar-refractivity contribution < 1.29 is 24.2 Å². The minimum Gasteiger partial charge on any atom is -0.479 e. The average molecular weight is 311 g/mol. The van der Waals surface area contributed by atoms with E-state index in [1.54, 1.807) is 0 Å². The highest BCUT2D eigenvalue weighted by atomic mass is 35.5. The molecule has 104 valence electrons. The van der Waals surface area contributed by atoms with Gasteiger partial charge in [-0.1, -0.05) is 23.2 Å². The molecule has 9 heteroatoms. The summed E-state index contributed by atoms with van der Waals surface area (Å²) < 4.78 is 12.9. The molecule has 0 bridgehead atoms. The Morgan fingerprint density at radius 1 is 1.32 bits per heavy atom. The lowest BCUT2D eigenvalue weighted by Gasteiger charge is -2.11. The van der Waals surface area contributed by atoms with Gasteiger partial charge in [0.2, 0.25) is 0 Å². The van der Waals surface area contributed by atoms with Crippen molar-refractivity contribution in [3.05, 3.63) is 28.0 Å². The van der Waals surface area contributed by atoms with Gasteiger partial charge in [0.1, 0.15) is 5.82 Å². The van der Waals surface area contributed by atoms with Crippen molar-refractivity contribution in [3.8, 4) is 0 Å². The molecule has 1 aromatic rings. The molecule has 0 aliphatic heterocycles. The largest absolute Gasteiger partial charge is 0.479 e. The number of carboxylic acids is 1. The maximum absolute atomic E-state index is 12.9. The van der Waals surface area contributed by atoms with E-state index < -0.39 is 30.5 Å². The number of carboxylic acid groups (broad SMARTS) is 1. The molecule has 0 aliphatic rings.